The third kappa shape index (κ3) is 5.99. The number of sulfonamides is 1. The minimum atomic E-state index is -4.60. The van der Waals surface area contributed by atoms with Gasteiger partial charge in [0.25, 0.3) is 10.0 Å². The Balaban J connectivity index is 1.43. The van der Waals surface area contributed by atoms with Gasteiger partial charge in [0, 0.05) is 27.2 Å². The summed E-state index contributed by atoms with van der Waals surface area (Å²) in [6, 6.07) is 2.42. The average Bonchev–Trinajstić information content (AvgIpc) is 3.55. The first-order valence-electron chi connectivity index (χ1n) is 11.7. The molecule has 0 radical (unpaired) electrons. The molecule has 2 saturated heterocycles. The summed E-state index contributed by atoms with van der Waals surface area (Å²) in [4.78, 5) is 29.2. The van der Waals surface area contributed by atoms with Crippen LogP contribution in [0.15, 0.2) is 22.4 Å². The molecule has 10 nitrogen and oxygen atoms in total. The Kier molecular flexibility index (Phi) is 7.97. The summed E-state index contributed by atoms with van der Waals surface area (Å²) >= 11 is 0.757. The number of thiophene rings is 1. The third-order valence-corrected chi connectivity index (χ3v) is 9.55. The van der Waals surface area contributed by atoms with Crippen molar-refractivity contribution >= 4 is 33.2 Å². The van der Waals surface area contributed by atoms with Crippen LogP contribution in [0, 0.1) is 0 Å². The van der Waals surface area contributed by atoms with Crippen molar-refractivity contribution in [3.05, 3.63) is 23.9 Å². The summed E-state index contributed by atoms with van der Waals surface area (Å²) < 4.78 is 73.4. The molecular weight excluding hydrogens is 535 g/mol. The van der Waals surface area contributed by atoms with Crippen molar-refractivity contribution in [1.82, 2.24) is 24.3 Å². The van der Waals surface area contributed by atoms with E-state index in [2.05, 4.69) is 9.82 Å². The second-order valence-electron chi connectivity index (χ2n) is 9.07. The van der Waals surface area contributed by atoms with Gasteiger partial charge in [-0.1, -0.05) is 0 Å². The fourth-order valence-corrected chi connectivity index (χ4v) is 7.19. The van der Waals surface area contributed by atoms with Gasteiger partial charge in [-0.25, -0.2) is 8.42 Å². The van der Waals surface area contributed by atoms with Gasteiger partial charge >= 0.3 is 6.18 Å². The number of hydrogen-bond donors (Lipinski definition) is 1. The van der Waals surface area contributed by atoms with Crippen molar-refractivity contribution in [2.75, 3.05) is 33.4 Å². The van der Waals surface area contributed by atoms with E-state index in [-0.39, 0.29) is 39.7 Å². The van der Waals surface area contributed by atoms with Crippen LogP contribution in [-0.2, 0) is 37.6 Å². The maximum atomic E-state index is 13.1. The van der Waals surface area contributed by atoms with Crippen LogP contribution in [0.5, 0.6) is 0 Å². The number of nitrogens with zero attached hydrogens (tertiary/aromatic N) is 4. The molecule has 2 aromatic heterocycles. The minimum Gasteiger partial charge on any atom is -0.383 e. The fraction of sp³-hybridized carbons (Fsp3) is 0.591. The van der Waals surface area contributed by atoms with Crippen molar-refractivity contribution < 1.29 is 35.9 Å². The Morgan fingerprint density at radius 1 is 1.24 bits per heavy atom. The maximum absolute atomic E-state index is 13.1. The van der Waals surface area contributed by atoms with Gasteiger partial charge in [0.05, 0.1) is 24.1 Å². The van der Waals surface area contributed by atoms with E-state index in [1.165, 1.54) is 17.0 Å². The number of rotatable bonds is 8. The number of alkyl halides is 3. The quantitative estimate of drug-likeness (QED) is 0.526. The minimum absolute atomic E-state index is 0.00612. The molecule has 0 spiro atoms. The first kappa shape index (κ1) is 27.5. The molecule has 0 aliphatic carbocycles. The monoisotopic (exact) mass is 563 g/mol. The van der Waals surface area contributed by atoms with Gasteiger partial charge in [-0.3, -0.25) is 14.3 Å². The van der Waals surface area contributed by atoms with Crippen LogP contribution in [-0.4, -0.2) is 85.2 Å². The van der Waals surface area contributed by atoms with Crippen molar-refractivity contribution in [3.63, 3.8) is 0 Å². The van der Waals surface area contributed by atoms with Gasteiger partial charge in [0.15, 0.2) is 0 Å². The van der Waals surface area contributed by atoms with Crippen LogP contribution in [0.4, 0.5) is 13.2 Å². The van der Waals surface area contributed by atoms with E-state index in [0.29, 0.717) is 30.8 Å². The number of aromatic nitrogens is 2. The normalized spacial score (nSPS) is 21.2. The number of likely N-dealkylation sites (tertiary alicyclic amines) is 2. The van der Waals surface area contributed by atoms with Crippen molar-refractivity contribution in [2.24, 2.45) is 7.05 Å². The maximum Gasteiger partial charge on any atom is 0.433 e. The van der Waals surface area contributed by atoms with Crippen LogP contribution >= 0.6 is 11.3 Å². The standard InChI is InChI=1S/C22H28F3N5O5S2/c1-28-18(22(23,24)25)11-16(26-28)17-7-8-20(36-17)37(33,34)27-15-6-4-9-29(21(15)32)12-19(31)30-10-3-5-14(30)13-35-2/h7-8,11,14-15,27H,3-6,9-10,12-13H2,1-2H3. The summed E-state index contributed by atoms with van der Waals surface area (Å²) in [5.74, 6) is -0.685. The second kappa shape index (κ2) is 10.7. The molecule has 4 heterocycles. The van der Waals surface area contributed by atoms with Crippen molar-refractivity contribution in [2.45, 2.75) is 48.2 Å². The van der Waals surface area contributed by atoms with Gasteiger partial charge in [0.1, 0.15) is 21.6 Å². The molecule has 0 bridgehead atoms. The number of halogens is 3. The molecule has 37 heavy (non-hydrogen) atoms. The lowest BCUT2D eigenvalue weighted by Gasteiger charge is -2.34. The SMILES string of the molecule is COCC1CCCN1C(=O)CN1CCCC(NS(=O)(=O)c2ccc(-c3cc(C(F)(F)F)n(C)n3)s2)C1=O. The Labute approximate surface area is 216 Å². The number of hydrogen-bond acceptors (Lipinski definition) is 7. The van der Waals surface area contributed by atoms with Gasteiger partial charge in [-0.2, -0.15) is 23.0 Å². The lowest BCUT2D eigenvalue weighted by Crippen LogP contribution is -2.55. The molecule has 0 saturated carbocycles. The Morgan fingerprint density at radius 3 is 2.65 bits per heavy atom. The predicted octanol–water partition coefficient (Wildman–Crippen LogP) is 2.07. The van der Waals surface area contributed by atoms with Crippen molar-refractivity contribution in [1.29, 1.82) is 0 Å². The fourth-order valence-electron chi connectivity index (χ4n) is 4.69. The van der Waals surface area contributed by atoms with E-state index >= 15 is 0 Å². The first-order chi connectivity index (χ1) is 17.4. The molecule has 2 aliphatic rings. The van der Waals surface area contributed by atoms with Crippen LogP contribution in [0.2, 0.25) is 0 Å². The summed E-state index contributed by atoms with van der Waals surface area (Å²) in [7, 11) is -1.42. The highest BCUT2D eigenvalue weighted by Gasteiger charge is 2.37. The van der Waals surface area contributed by atoms with Gasteiger partial charge in [-0.15, -0.1) is 11.3 Å². The van der Waals surface area contributed by atoms with Gasteiger partial charge in [-0.05, 0) is 43.9 Å². The number of carbonyl (C=O) groups excluding carboxylic acids is 2. The Bertz CT molecular complexity index is 1260. The van der Waals surface area contributed by atoms with Crippen LogP contribution in [0.3, 0.4) is 0 Å². The van der Waals surface area contributed by atoms with Gasteiger partial charge < -0.3 is 14.5 Å². The number of methoxy groups -OCH3 is 1. The topological polar surface area (TPSA) is 114 Å². The number of nitrogens with one attached hydrogen (secondary N) is 1. The van der Waals surface area contributed by atoms with Crippen LogP contribution < -0.4 is 4.72 Å². The van der Waals surface area contributed by atoms with E-state index in [1.807, 2.05) is 0 Å². The molecule has 2 unspecified atom stereocenters. The first-order valence-corrected chi connectivity index (χ1v) is 14.0. The molecule has 0 aromatic carbocycles. The highest BCUT2D eigenvalue weighted by Crippen LogP contribution is 2.35. The van der Waals surface area contributed by atoms with E-state index < -0.39 is 33.8 Å². The average molecular weight is 564 g/mol. The lowest BCUT2D eigenvalue weighted by atomic mass is 10.1. The molecule has 2 fully saturated rings. The van der Waals surface area contributed by atoms with Crippen molar-refractivity contribution in [3.8, 4) is 10.6 Å². The van der Waals surface area contributed by atoms with Crippen LogP contribution in [0.1, 0.15) is 31.4 Å². The highest BCUT2D eigenvalue weighted by molar-refractivity contribution is 7.91. The molecule has 2 atom stereocenters. The molecule has 204 valence electrons. The zero-order valence-electron chi connectivity index (χ0n) is 20.3. The number of aryl methyl sites for hydroxylation is 1. The van der Waals surface area contributed by atoms with E-state index in [0.717, 1.165) is 37.3 Å². The largest absolute Gasteiger partial charge is 0.433 e. The van der Waals surface area contributed by atoms with E-state index in [1.54, 1.807) is 12.0 Å². The Morgan fingerprint density at radius 2 is 1.97 bits per heavy atom. The predicted molar refractivity (Wildman–Crippen MR) is 128 cm³/mol. The number of carbonyl (C=O) groups is 2. The molecular formula is C22H28F3N5O5S2. The van der Waals surface area contributed by atoms with E-state index in [9.17, 15) is 31.2 Å². The zero-order valence-corrected chi connectivity index (χ0v) is 22.0. The summed E-state index contributed by atoms with van der Waals surface area (Å²) in [5, 5.41) is 3.84. The number of amides is 2. The number of ether oxygens (including phenoxy) is 1. The Hall–Kier alpha value is -2.49. The summed E-state index contributed by atoms with van der Waals surface area (Å²) in [5.41, 5.74) is -0.961. The molecule has 4 rings (SSSR count). The molecule has 2 aromatic rings. The lowest BCUT2D eigenvalue weighted by molar-refractivity contribution is -0.144. The molecule has 15 heteroatoms. The third-order valence-electron chi connectivity index (χ3n) is 6.48. The van der Waals surface area contributed by atoms with Gasteiger partial charge in [0.2, 0.25) is 11.8 Å². The van der Waals surface area contributed by atoms with E-state index in [4.69, 9.17) is 4.74 Å². The zero-order chi connectivity index (χ0) is 27.0. The summed E-state index contributed by atoms with van der Waals surface area (Å²) in [6.07, 6.45) is -2.13. The number of piperidine rings is 1. The second-order valence-corrected chi connectivity index (χ2v) is 12.1. The molecule has 2 amide bonds. The highest BCUT2D eigenvalue weighted by atomic mass is 32.2. The molecule has 2 aliphatic heterocycles. The van der Waals surface area contributed by atoms with Crippen LogP contribution in [0.25, 0.3) is 10.6 Å². The molecule has 1 N–H and O–H groups in total. The summed E-state index contributed by atoms with van der Waals surface area (Å²) in [6.45, 7) is 1.21. The smallest absolute Gasteiger partial charge is 0.383 e.